The predicted molar refractivity (Wildman–Crippen MR) is 110 cm³/mol. The van der Waals surface area contributed by atoms with Crippen molar-refractivity contribution in [3.63, 3.8) is 0 Å². The summed E-state index contributed by atoms with van der Waals surface area (Å²) in [7, 11) is 1.65. The van der Waals surface area contributed by atoms with Crippen LogP contribution in [0, 0.1) is 0 Å². The molecule has 2 heterocycles. The minimum Gasteiger partial charge on any atom is -0.497 e. The number of fused-ring (bicyclic) bond motifs is 1. The maximum atomic E-state index is 12.6. The van der Waals surface area contributed by atoms with Gasteiger partial charge in [-0.2, -0.15) is 0 Å². The molecule has 1 aliphatic rings. The largest absolute Gasteiger partial charge is 0.497 e. The Balaban J connectivity index is 1.41. The second-order valence-corrected chi connectivity index (χ2v) is 6.79. The van der Waals surface area contributed by atoms with Crippen LogP contribution in [0.15, 0.2) is 66.9 Å². The standard InChI is InChI=1S/C23H23N3O2/c1-28-20-7-4-5-17(15-20)9-12-25-23(27)19-10-13-24-22(16-19)26-14-11-18-6-2-3-8-21(18)26/h2-8,10,13,15-16H,9,11-12,14H2,1H3,(H,25,27). The zero-order valence-electron chi connectivity index (χ0n) is 15.9. The third kappa shape index (κ3) is 3.83. The van der Waals surface area contributed by atoms with Gasteiger partial charge in [0.1, 0.15) is 11.6 Å². The second-order valence-electron chi connectivity index (χ2n) is 6.79. The van der Waals surface area contributed by atoms with Crippen LogP contribution in [0.3, 0.4) is 0 Å². The SMILES string of the molecule is COc1cccc(CCNC(=O)c2ccnc(N3CCc4ccccc43)c2)c1. The number of rotatable bonds is 6. The molecule has 2 aromatic carbocycles. The summed E-state index contributed by atoms with van der Waals surface area (Å²) in [6.07, 6.45) is 3.45. The summed E-state index contributed by atoms with van der Waals surface area (Å²) < 4.78 is 5.24. The highest BCUT2D eigenvalue weighted by Crippen LogP contribution is 2.33. The number of pyridine rings is 1. The molecule has 0 spiro atoms. The van der Waals surface area contributed by atoms with E-state index in [1.165, 1.54) is 11.3 Å². The average Bonchev–Trinajstić information content (AvgIpc) is 3.18. The molecular formula is C23H23N3O2. The van der Waals surface area contributed by atoms with Gasteiger partial charge in [-0.25, -0.2) is 4.98 Å². The Morgan fingerprint density at radius 1 is 1.14 bits per heavy atom. The Hall–Kier alpha value is -3.34. The van der Waals surface area contributed by atoms with Crippen molar-refractivity contribution in [2.75, 3.05) is 25.1 Å². The van der Waals surface area contributed by atoms with Crippen molar-refractivity contribution in [2.45, 2.75) is 12.8 Å². The van der Waals surface area contributed by atoms with Gasteiger partial charge in [0, 0.05) is 30.5 Å². The number of hydrogen-bond acceptors (Lipinski definition) is 4. The van der Waals surface area contributed by atoms with Gasteiger partial charge in [0.25, 0.3) is 5.91 Å². The Bertz CT molecular complexity index is 987. The van der Waals surface area contributed by atoms with Crippen LogP contribution in [0.2, 0.25) is 0 Å². The van der Waals surface area contributed by atoms with Crippen molar-refractivity contribution in [1.29, 1.82) is 0 Å². The van der Waals surface area contributed by atoms with E-state index >= 15 is 0 Å². The number of ether oxygens (including phenoxy) is 1. The molecule has 0 aliphatic carbocycles. The van der Waals surface area contributed by atoms with Crippen molar-refractivity contribution < 1.29 is 9.53 Å². The lowest BCUT2D eigenvalue weighted by Crippen LogP contribution is -2.26. The quantitative estimate of drug-likeness (QED) is 0.715. The van der Waals surface area contributed by atoms with E-state index in [0.29, 0.717) is 12.1 Å². The second kappa shape index (κ2) is 8.13. The summed E-state index contributed by atoms with van der Waals surface area (Å²) in [4.78, 5) is 19.2. The van der Waals surface area contributed by atoms with Gasteiger partial charge in [-0.1, -0.05) is 30.3 Å². The molecule has 142 valence electrons. The molecule has 1 N–H and O–H groups in total. The van der Waals surface area contributed by atoms with Crippen molar-refractivity contribution in [2.24, 2.45) is 0 Å². The van der Waals surface area contributed by atoms with Crippen LogP contribution in [0.4, 0.5) is 11.5 Å². The van der Waals surface area contributed by atoms with E-state index in [1.54, 1.807) is 19.4 Å². The predicted octanol–water partition coefficient (Wildman–Crippen LogP) is 3.76. The molecule has 1 amide bonds. The molecule has 0 unspecified atom stereocenters. The number of hydrogen-bond donors (Lipinski definition) is 1. The molecular weight excluding hydrogens is 350 g/mol. The maximum absolute atomic E-state index is 12.6. The Labute approximate surface area is 165 Å². The number of anilines is 2. The molecule has 0 radical (unpaired) electrons. The van der Waals surface area contributed by atoms with Gasteiger partial charge in [0.05, 0.1) is 7.11 Å². The first-order chi connectivity index (χ1) is 13.7. The fourth-order valence-corrected chi connectivity index (χ4v) is 3.53. The molecule has 0 atom stereocenters. The van der Waals surface area contributed by atoms with Gasteiger partial charge in [-0.3, -0.25) is 4.79 Å². The zero-order valence-corrected chi connectivity index (χ0v) is 15.9. The van der Waals surface area contributed by atoms with E-state index in [2.05, 4.69) is 33.4 Å². The molecule has 0 saturated heterocycles. The van der Waals surface area contributed by atoms with Gasteiger partial charge in [-0.15, -0.1) is 0 Å². The summed E-state index contributed by atoms with van der Waals surface area (Å²) in [5, 5.41) is 3.00. The Morgan fingerprint density at radius 3 is 2.93 bits per heavy atom. The number of carbonyl (C=O) groups excluding carboxylic acids is 1. The molecule has 28 heavy (non-hydrogen) atoms. The van der Waals surface area contributed by atoms with E-state index in [0.717, 1.165) is 36.5 Å². The molecule has 4 rings (SSSR count). The molecule has 3 aromatic rings. The van der Waals surface area contributed by atoms with Crippen LogP contribution in [-0.2, 0) is 12.8 Å². The number of aromatic nitrogens is 1. The maximum Gasteiger partial charge on any atom is 0.251 e. The van der Waals surface area contributed by atoms with Gasteiger partial charge >= 0.3 is 0 Å². The monoisotopic (exact) mass is 373 g/mol. The third-order valence-electron chi connectivity index (χ3n) is 5.00. The highest BCUT2D eigenvalue weighted by Gasteiger charge is 2.21. The molecule has 1 aliphatic heterocycles. The Kier molecular flexibility index (Phi) is 5.24. The van der Waals surface area contributed by atoms with Gasteiger partial charge in [0.15, 0.2) is 0 Å². The summed E-state index contributed by atoms with van der Waals surface area (Å²) in [6.45, 7) is 1.45. The van der Waals surface area contributed by atoms with Gasteiger partial charge < -0.3 is 15.0 Å². The fourth-order valence-electron chi connectivity index (χ4n) is 3.53. The highest BCUT2D eigenvalue weighted by molar-refractivity contribution is 5.95. The highest BCUT2D eigenvalue weighted by atomic mass is 16.5. The summed E-state index contributed by atoms with van der Waals surface area (Å²) in [5.74, 6) is 1.55. The first-order valence-corrected chi connectivity index (χ1v) is 9.47. The molecule has 0 bridgehead atoms. The summed E-state index contributed by atoms with van der Waals surface area (Å²) in [5.41, 5.74) is 4.24. The zero-order chi connectivity index (χ0) is 19.3. The number of nitrogens with one attached hydrogen (secondary N) is 1. The molecule has 0 fully saturated rings. The van der Waals surface area contributed by atoms with Crippen LogP contribution >= 0.6 is 0 Å². The average molecular weight is 373 g/mol. The molecule has 1 aromatic heterocycles. The lowest BCUT2D eigenvalue weighted by atomic mass is 10.1. The van der Waals surface area contributed by atoms with E-state index in [9.17, 15) is 4.79 Å². The van der Waals surface area contributed by atoms with Crippen molar-refractivity contribution in [1.82, 2.24) is 10.3 Å². The van der Waals surface area contributed by atoms with Crippen molar-refractivity contribution in [3.8, 4) is 5.75 Å². The van der Waals surface area contributed by atoms with E-state index in [4.69, 9.17) is 4.74 Å². The van der Waals surface area contributed by atoms with Crippen molar-refractivity contribution in [3.05, 3.63) is 83.6 Å². The number of methoxy groups -OCH3 is 1. The topological polar surface area (TPSA) is 54.5 Å². The van der Waals surface area contributed by atoms with Crippen LogP contribution in [0.5, 0.6) is 5.75 Å². The molecule has 0 saturated carbocycles. The number of nitrogens with zero attached hydrogens (tertiary/aromatic N) is 2. The van der Waals surface area contributed by atoms with Crippen LogP contribution in [-0.4, -0.2) is 31.1 Å². The number of para-hydroxylation sites is 1. The van der Waals surface area contributed by atoms with Crippen LogP contribution < -0.4 is 15.0 Å². The number of amides is 1. The minimum absolute atomic E-state index is 0.0842. The van der Waals surface area contributed by atoms with E-state index in [1.807, 2.05) is 36.4 Å². The summed E-state index contributed by atoms with van der Waals surface area (Å²) in [6, 6.07) is 19.8. The number of benzene rings is 2. The smallest absolute Gasteiger partial charge is 0.251 e. The van der Waals surface area contributed by atoms with Crippen LogP contribution in [0.1, 0.15) is 21.5 Å². The normalized spacial score (nSPS) is 12.5. The minimum atomic E-state index is -0.0842. The Morgan fingerprint density at radius 2 is 2.04 bits per heavy atom. The first-order valence-electron chi connectivity index (χ1n) is 9.47. The molecule has 5 heteroatoms. The third-order valence-corrected chi connectivity index (χ3v) is 5.00. The lowest BCUT2D eigenvalue weighted by Gasteiger charge is -2.18. The van der Waals surface area contributed by atoms with Gasteiger partial charge in [0.2, 0.25) is 0 Å². The summed E-state index contributed by atoms with van der Waals surface area (Å²) >= 11 is 0. The van der Waals surface area contributed by atoms with Crippen LogP contribution in [0.25, 0.3) is 0 Å². The number of carbonyl (C=O) groups is 1. The van der Waals surface area contributed by atoms with E-state index < -0.39 is 0 Å². The molecule has 5 nitrogen and oxygen atoms in total. The van der Waals surface area contributed by atoms with E-state index in [-0.39, 0.29) is 5.91 Å². The lowest BCUT2D eigenvalue weighted by molar-refractivity contribution is 0.0954. The van der Waals surface area contributed by atoms with Gasteiger partial charge in [-0.05, 0) is 54.3 Å². The van der Waals surface area contributed by atoms with Crippen molar-refractivity contribution >= 4 is 17.4 Å². The first kappa shape index (κ1) is 18.0. The fraction of sp³-hybridized carbons (Fsp3) is 0.217.